The molecule has 1 aromatic carbocycles. The predicted octanol–water partition coefficient (Wildman–Crippen LogP) is 1.68. The lowest BCUT2D eigenvalue weighted by Gasteiger charge is -2.07. The fourth-order valence-corrected chi connectivity index (χ4v) is 1.22. The average Bonchev–Trinajstić information content (AvgIpc) is 2.37. The summed E-state index contributed by atoms with van der Waals surface area (Å²) in [5, 5.41) is 22.1. The smallest absolute Gasteiger partial charge is 0.324 e. The molecule has 1 aromatic rings. The van der Waals surface area contributed by atoms with E-state index in [1.807, 2.05) is 0 Å². The molecule has 0 fully saturated rings. The van der Waals surface area contributed by atoms with E-state index in [9.17, 15) is 4.79 Å². The fraction of sp³-hybridized carbons (Fsp3) is 0. The van der Waals surface area contributed by atoms with Gasteiger partial charge in [0.1, 0.15) is 17.8 Å². The first-order chi connectivity index (χ1) is 8.58. The van der Waals surface area contributed by atoms with E-state index in [0.717, 1.165) is 0 Å². The van der Waals surface area contributed by atoms with Crippen molar-refractivity contribution in [1.82, 2.24) is 5.32 Å². The minimum Gasteiger partial charge on any atom is -0.388 e. The number of nitriles is 2. The van der Waals surface area contributed by atoms with Gasteiger partial charge in [0.15, 0.2) is 5.70 Å². The van der Waals surface area contributed by atoms with Crippen LogP contribution in [0.5, 0.6) is 0 Å². The van der Waals surface area contributed by atoms with Gasteiger partial charge in [-0.1, -0.05) is 23.7 Å². The molecule has 0 aliphatic carbocycles. The van der Waals surface area contributed by atoms with Gasteiger partial charge in [-0.3, -0.25) is 5.32 Å². The molecule has 0 radical (unpaired) electrons. The Balaban J connectivity index is 2.78. The Morgan fingerprint density at radius 3 is 2.50 bits per heavy atom. The molecule has 1 rings (SSSR count). The summed E-state index contributed by atoms with van der Waals surface area (Å²) in [6.07, 6.45) is 0. The highest BCUT2D eigenvalue weighted by atomic mass is 35.5. The van der Waals surface area contributed by atoms with Crippen LogP contribution in [0.4, 0.5) is 10.5 Å². The third kappa shape index (κ3) is 3.41. The molecule has 0 aliphatic heterocycles. The molecule has 2 amide bonds. The Bertz CT molecular complexity index is 582. The summed E-state index contributed by atoms with van der Waals surface area (Å²) < 4.78 is 0. The monoisotopic (exact) mass is 261 g/mol. The lowest BCUT2D eigenvalue weighted by Crippen LogP contribution is -2.29. The van der Waals surface area contributed by atoms with E-state index < -0.39 is 6.03 Å². The first-order valence-electron chi connectivity index (χ1n) is 4.71. The highest BCUT2D eigenvalue weighted by molar-refractivity contribution is 6.33. The summed E-state index contributed by atoms with van der Waals surface area (Å²) in [5.74, 6) is 0. The lowest BCUT2D eigenvalue weighted by atomic mass is 10.3. The number of allylic oxidation sites excluding steroid dienone is 2. The van der Waals surface area contributed by atoms with Crippen molar-refractivity contribution >= 4 is 23.3 Å². The molecule has 4 N–H and O–H groups in total. The third-order valence-electron chi connectivity index (χ3n) is 1.86. The number of halogens is 1. The number of carbonyl (C=O) groups is 1. The van der Waals surface area contributed by atoms with Crippen molar-refractivity contribution in [2.75, 3.05) is 5.32 Å². The van der Waals surface area contributed by atoms with Gasteiger partial charge in [-0.15, -0.1) is 0 Å². The zero-order chi connectivity index (χ0) is 13.5. The number of carbonyl (C=O) groups excluding carboxylic acids is 1. The molecule has 0 atom stereocenters. The number of hydrogen-bond donors (Lipinski definition) is 3. The molecular formula is C11H8ClN5O. The summed E-state index contributed by atoms with van der Waals surface area (Å²) in [7, 11) is 0. The van der Waals surface area contributed by atoms with Gasteiger partial charge in [0.25, 0.3) is 0 Å². The summed E-state index contributed by atoms with van der Waals surface area (Å²) in [6.45, 7) is 0. The van der Waals surface area contributed by atoms with Crippen LogP contribution in [0, 0.1) is 22.7 Å². The highest BCUT2D eigenvalue weighted by Gasteiger charge is 2.09. The second-order valence-corrected chi connectivity index (χ2v) is 3.48. The number of nitrogens with two attached hydrogens (primary N) is 1. The number of benzene rings is 1. The van der Waals surface area contributed by atoms with Crippen molar-refractivity contribution in [1.29, 1.82) is 10.5 Å². The van der Waals surface area contributed by atoms with Gasteiger partial charge < -0.3 is 11.1 Å². The van der Waals surface area contributed by atoms with Gasteiger partial charge in [-0.2, -0.15) is 10.5 Å². The van der Waals surface area contributed by atoms with Crippen LogP contribution in [0.3, 0.4) is 0 Å². The largest absolute Gasteiger partial charge is 0.388 e. The third-order valence-corrected chi connectivity index (χ3v) is 2.19. The van der Waals surface area contributed by atoms with Gasteiger partial charge >= 0.3 is 6.03 Å². The van der Waals surface area contributed by atoms with Crippen LogP contribution in [-0.2, 0) is 0 Å². The maximum absolute atomic E-state index is 11.5. The molecule has 7 heteroatoms. The molecule has 0 unspecified atom stereocenters. The van der Waals surface area contributed by atoms with Crippen molar-refractivity contribution in [2.45, 2.75) is 0 Å². The van der Waals surface area contributed by atoms with E-state index in [4.69, 9.17) is 27.9 Å². The van der Waals surface area contributed by atoms with Crippen molar-refractivity contribution < 1.29 is 4.79 Å². The molecule has 0 heterocycles. The second kappa shape index (κ2) is 6.14. The first kappa shape index (κ1) is 13.4. The van der Waals surface area contributed by atoms with E-state index in [2.05, 4.69) is 10.6 Å². The lowest BCUT2D eigenvalue weighted by molar-refractivity contribution is 0.254. The van der Waals surface area contributed by atoms with E-state index in [1.165, 1.54) is 0 Å². The Morgan fingerprint density at radius 2 is 1.94 bits per heavy atom. The number of hydrogen-bond acceptors (Lipinski definition) is 4. The SMILES string of the molecule is N#C/C(N)=C(\C#N)NC(=O)Nc1ccccc1Cl. The Labute approximate surface area is 108 Å². The standard InChI is InChI=1S/C11H8ClN5O/c12-7-3-1-2-4-9(7)16-11(18)17-10(6-14)8(15)5-13/h1-4H,15H2,(H2,16,17,18)/b10-8-. The molecule has 90 valence electrons. The van der Waals surface area contributed by atoms with Gasteiger partial charge in [0.05, 0.1) is 10.7 Å². The van der Waals surface area contributed by atoms with E-state index in [-0.39, 0.29) is 11.4 Å². The summed E-state index contributed by atoms with van der Waals surface area (Å²) >= 11 is 5.83. The van der Waals surface area contributed by atoms with Crippen LogP contribution in [0.15, 0.2) is 35.7 Å². The van der Waals surface area contributed by atoms with Gasteiger partial charge in [0.2, 0.25) is 0 Å². The van der Waals surface area contributed by atoms with Gasteiger partial charge in [-0.05, 0) is 12.1 Å². The molecule has 0 saturated carbocycles. The van der Waals surface area contributed by atoms with Crippen molar-refractivity contribution in [3.05, 3.63) is 40.7 Å². The van der Waals surface area contributed by atoms with Gasteiger partial charge in [0, 0.05) is 0 Å². The quantitative estimate of drug-likeness (QED) is 0.703. The van der Waals surface area contributed by atoms with E-state index in [1.54, 1.807) is 36.4 Å². The molecule has 0 spiro atoms. The fourth-order valence-electron chi connectivity index (χ4n) is 1.04. The molecule has 0 saturated heterocycles. The number of urea groups is 1. The predicted molar refractivity (Wildman–Crippen MR) is 66.0 cm³/mol. The number of amides is 2. The zero-order valence-corrected chi connectivity index (χ0v) is 9.82. The number of nitrogens with zero attached hydrogens (tertiary/aromatic N) is 2. The van der Waals surface area contributed by atoms with Crippen LogP contribution in [0.1, 0.15) is 0 Å². The maximum atomic E-state index is 11.5. The topological polar surface area (TPSA) is 115 Å². The zero-order valence-electron chi connectivity index (χ0n) is 9.07. The van der Waals surface area contributed by atoms with Crippen LogP contribution in [-0.4, -0.2) is 6.03 Å². The number of nitrogens with one attached hydrogen (secondary N) is 2. The summed E-state index contributed by atoms with van der Waals surface area (Å²) in [5.41, 5.74) is 4.92. The minimum atomic E-state index is -0.710. The van der Waals surface area contributed by atoms with Crippen LogP contribution >= 0.6 is 11.6 Å². The van der Waals surface area contributed by atoms with Crippen LogP contribution < -0.4 is 16.4 Å². The Hall–Kier alpha value is -2.70. The number of anilines is 1. The second-order valence-electron chi connectivity index (χ2n) is 3.07. The average molecular weight is 262 g/mol. The van der Waals surface area contributed by atoms with E-state index >= 15 is 0 Å². The van der Waals surface area contributed by atoms with Crippen LogP contribution in [0.25, 0.3) is 0 Å². The normalized spacial score (nSPS) is 10.6. The van der Waals surface area contributed by atoms with Gasteiger partial charge in [-0.25, -0.2) is 4.79 Å². The Kier molecular flexibility index (Phi) is 4.56. The van der Waals surface area contributed by atoms with Crippen LogP contribution in [0.2, 0.25) is 5.02 Å². The number of rotatable bonds is 2. The summed E-state index contributed by atoms with van der Waals surface area (Å²) in [6, 6.07) is 9.05. The first-order valence-corrected chi connectivity index (χ1v) is 5.08. The molecule has 6 nitrogen and oxygen atoms in total. The van der Waals surface area contributed by atoms with Crippen molar-refractivity contribution in [3.8, 4) is 12.1 Å². The molecule has 0 aliphatic rings. The highest BCUT2D eigenvalue weighted by Crippen LogP contribution is 2.20. The van der Waals surface area contributed by atoms with Crippen molar-refractivity contribution in [3.63, 3.8) is 0 Å². The molecule has 0 aromatic heterocycles. The number of para-hydroxylation sites is 1. The maximum Gasteiger partial charge on any atom is 0.324 e. The molecular weight excluding hydrogens is 254 g/mol. The molecule has 18 heavy (non-hydrogen) atoms. The van der Waals surface area contributed by atoms with E-state index in [0.29, 0.717) is 10.7 Å². The summed E-state index contributed by atoms with van der Waals surface area (Å²) in [4.78, 5) is 11.5. The van der Waals surface area contributed by atoms with Crippen molar-refractivity contribution in [2.24, 2.45) is 5.73 Å². The Morgan fingerprint density at radius 1 is 1.28 bits per heavy atom. The minimum absolute atomic E-state index is 0.318. The molecule has 0 bridgehead atoms.